The first kappa shape index (κ1) is 16.1. The number of hydrogen-bond acceptors (Lipinski definition) is 4. The molecule has 6 nitrogen and oxygen atoms in total. The summed E-state index contributed by atoms with van der Waals surface area (Å²) in [6.45, 7) is 6.90. The highest BCUT2D eigenvalue weighted by Crippen LogP contribution is 2.06. The minimum atomic E-state index is -0.627. The fourth-order valence-corrected chi connectivity index (χ4v) is 0.982. The van der Waals surface area contributed by atoms with Gasteiger partial charge in [-0.25, -0.2) is 4.79 Å². The summed E-state index contributed by atoms with van der Waals surface area (Å²) in [6, 6.07) is 0. The minimum absolute atomic E-state index is 0.161. The zero-order chi connectivity index (χ0) is 14.2. The third kappa shape index (κ3) is 7.43. The van der Waals surface area contributed by atoms with E-state index in [2.05, 4.69) is 15.6 Å². The minimum Gasteiger partial charge on any atom is -0.444 e. The molecule has 0 aliphatic rings. The molecule has 0 saturated carbocycles. The van der Waals surface area contributed by atoms with Crippen LogP contribution in [0.25, 0.3) is 0 Å². The van der Waals surface area contributed by atoms with Gasteiger partial charge in [0.25, 0.3) is 0 Å². The largest absolute Gasteiger partial charge is 0.444 e. The molecule has 6 heteroatoms. The Balaban J connectivity index is 4.21. The van der Waals surface area contributed by atoms with Gasteiger partial charge in [0.1, 0.15) is 5.60 Å². The van der Waals surface area contributed by atoms with Gasteiger partial charge in [0.2, 0.25) is 5.78 Å². The van der Waals surface area contributed by atoms with Crippen molar-refractivity contribution in [1.82, 2.24) is 10.6 Å². The van der Waals surface area contributed by atoms with Gasteiger partial charge < -0.3 is 15.4 Å². The lowest BCUT2D eigenvalue weighted by Gasteiger charge is -2.19. The highest BCUT2D eigenvalue weighted by molar-refractivity contribution is 6.40. The number of rotatable bonds is 4. The summed E-state index contributed by atoms with van der Waals surface area (Å²) in [5.74, 6) is -0.134. The molecule has 0 unspecified atom stereocenters. The van der Waals surface area contributed by atoms with Gasteiger partial charge in [-0.1, -0.05) is 6.08 Å². The number of ether oxygens (including phenoxy) is 1. The predicted octanol–water partition coefficient (Wildman–Crippen LogP) is 1.23. The SMILES string of the molecule is C/C=C\NC(=NC)C(=O)CNC(=O)OC(C)(C)C. The third-order valence-corrected chi connectivity index (χ3v) is 1.67. The summed E-state index contributed by atoms with van der Waals surface area (Å²) >= 11 is 0. The van der Waals surface area contributed by atoms with Crippen LogP contribution in [0, 0.1) is 0 Å². The van der Waals surface area contributed by atoms with Gasteiger partial charge in [-0.05, 0) is 33.9 Å². The molecule has 102 valence electrons. The van der Waals surface area contributed by atoms with E-state index >= 15 is 0 Å². The topological polar surface area (TPSA) is 79.8 Å². The molecular weight excluding hydrogens is 234 g/mol. The van der Waals surface area contributed by atoms with Crippen LogP contribution in [0.1, 0.15) is 27.7 Å². The smallest absolute Gasteiger partial charge is 0.408 e. The molecule has 18 heavy (non-hydrogen) atoms. The summed E-state index contributed by atoms with van der Waals surface area (Å²) < 4.78 is 5.01. The summed E-state index contributed by atoms with van der Waals surface area (Å²) in [7, 11) is 1.50. The molecule has 0 aromatic heterocycles. The van der Waals surface area contributed by atoms with Crippen LogP contribution >= 0.6 is 0 Å². The molecule has 0 rings (SSSR count). The third-order valence-electron chi connectivity index (χ3n) is 1.67. The number of amides is 1. The van der Waals surface area contributed by atoms with E-state index in [-0.39, 0.29) is 18.2 Å². The molecule has 2 N–H and O–H groups in total. The molecule has 0 saturated heterocycles. The van der Waals surface area contributed by atoms with E-state index in [1.807, 2.05) is 6.92 Å². The molecule has 1 amide bonds. The van der Waals surface area contributed by atoms with Crippen LogP contribution in [0.15, 0.2) is 17.3 Å². The second kappa shape index (κ2) is 7.47. The van der Waals surface area contributed by atoms with Crippen molar-refractivity contribution in [1.29, 1.82) is 0 Å². The van der Waals surface area contributed by atoms with Gasteiger partial charge in [0, 0.05) is 7.05 Å². The number of Topliss-reactive ketones (excluding diaryl/α,β-unsaturated/α-hetero) is 1. The second-order valence-corrected chi connectivity index (χ2v) is 4.50. The van der Waals surface area contributed by atoms with Crippen molar-refractivity contribution < 1.29 is 14.3 Å². The Kier molecular flexibility index (Phi) is 6.70. The van der Waals surface area contributed by atoms with E-state index in [0.717, 1.165) is 0 Å². The lowest BCUT2D eigenvalue weighted by Crippen LogP contribution is -2.40. The second-order valence-electron chi connectivity index (χ2n) is 4.50. The molecule has 0 bridgehead atoms. The van der Waals surface area contributed by atoms with E-state index in [1.165, 1.54) is 7.05 Å². The molecule has 0 spiro atoms. The number of ketones is 1. The zero-order valence-corrected chi connectivity index (χ0v) is 11.5. The average Bonchev–Trinajstić information content (AvgIpc) is 2.25. The molecule has 0 fully saturated rings. The van der Waals surface area contributed by atoms with E-state index in [0.29, 0.717) is 0 Å². The maximum Gasteiger partial charge on any atom is 0.408 e. The van der Waals surface area contributed by atoms with Crippen molar-refractivity contribution in [3.05, 3.63) is 12.3 Å². The van der Waals surface area contributed by atoms with Crippen molar-refractivity contribution in [2.24, 2.45) is 4.99 Å². The van der Waals surface area contributed by atoms with Crippen molar-refractivity contribution >= 4 is 17.7 Å². The van der Waals surface area contributed by atoms with Gasteiger partial charge >= 0.3 is 6.09 Å². The first-order valence-electron chi connectivity index (χ1n) is 5.64. The summed E-state index contributed by atoms with van der Waals surface area (Å²) in [5.41, 5.74) is -0.585. The van der Waals surface area contributed by atoms with E-state index in [4.69, 9.17) is 4.74 Å². The molecule has 0 heterocycles. The number of nitrogens with one attached hydrogen (secondary N) is 2. The van der Waals surface area contributed by atoms with Gasteiger partial charge in [0.15, 0.2) is 5.84 Å². The summed E-state index contributed by atoms with van der Waals surface area (Å²) in [6.07, 6.45) is 2.70. The standard InChI is InChI=1S/C12H21N3O3/c1-6-7-14-10(13-5)9(16)8-15-11(17)18-12(2,3)4/h6-7H,8H2,1-5H3,(H,13,14)(H,15,17)/b7-6-. The first-order valence-corrected chi connectivity index (χ1v) is 5.64. The Bertz CT molecular complexity index is 354. The van der Waals surface area contributed by atoms with E-state index in [9.17, 15) is 9.59 Å². The van der Waals surface area contributed by atoms with Gasteiger partial charge in [-0.3, -0.25) is 9.79 Å². The molecule has 0 aromatic rings. The first-order chi connectivity index (χ1) is 8.30. The van der Waals surface area contributed by atoms with Crippen molar-refractivity contribution in [3.8, 4) is 0 Å². The zero-order valence-electron chi connectivity index (χ0n) is 11.5. The van der Waals surface area contributed by atoms with Crippen molar-refractivity contribution in [3.63, 3.8) is 0 Å². The number of carbonyl (C=O) groups is 2. The number of amidine groups is 1. The molecule has 0 atom stereocenters. The van der Waals surface area contributed by atoms with Crippen LogP contribution in [0.2, 0.25) is 0 Å². The van der Waals surface area contributed by atoms with Gasteiger partial charge in [0.05, 0.1) is 6.54 Å². The highest BCUT2D eigenvalue weighted by Gasteiger charge is 2.17. The van der Waals surface area contributed by atoms with Crippen LogP contribution in [0.5, 0.6) is 0 Å². The highest BCUT2D eigenvalue weighted by atomic mass is 16.6. The fourth-order valence-electron chi connectivity index (χ4n) is 0.982. The quantitative estimate of drug-likeness (QED) is 0.585. The lowest BCUT2D eigenvalue weighted by molar-refractivity contribution is -0.112. The summed E-state index contributed by atoms with van der Waals surface area (Å²) in [5, 5.41) is 5.09. The Morgan fingerprint density at radius 3 is 2.39 bits per heavy atom. The normalized spacial score (nSPS) is 12.4. The Labute approximate surface area is 107 Å². The van der Waals surface area contributed by atoms with Crippen LogP contribution in [-0.4, -0.2) is 36.9 Å². The Morgan fingerprint density at radius 1 is 1.33 bits per heavy atom. The van der Waals surface area contributed by atoms with Crippen LogP contribution in [-0.2, 0) is 9.53 Å². The molecular formula is C12H21N3O3. The number of alkyl carbamates (subject to hydrolysis) is 1. The van der Waals surface area contributed by atoms with Gasteiger partial charge in [-0.2, -0.15) is 0 Å². The number of aliphatic imine (C=N–C) groups is 1. The molecule has 0 aromatic carbocycles. The number of nitrogens with zero attached hydrogens (tertiary/aromatic N) is 1. The maximum absolute atomic E-state index is 11.7. The number of carbonyl (C=O) groups excluding carboxylic acids is 2. The Morgan fingerprint density at radius 2 is 1.94 bits per heavy atom. The molecule has 0 radical (unpaired) electrons. The molecule has 0 aliphatic carbocycles. The van der Waals surface area contributed by atoms with Crippen molar-refractivity contribution in [2.75, 3.05) is 13.6 Å². The number of hydrogen-bond donors (Lipinski definition) is 2. The monoisotopic (exact) mass is 255 g/mol. The summed E-state index contributed by atoms with van der Waals surface area (Å²) in [4.78, 5) is 26.8. The fraction of sp³-hybridized carbons (Fsp3) is 0.583. The van der Waals surface area contributed by atoms with Crippen LogP contribution in [0.3, 0.4) is 0 Å². The van der Waals surface area contributed by atoms with E-state index in [1.54, 1.807) is 33.0 Å². The number of allylic oxidation sites excluding steroid dienone is 1. The van der Waals surface area contributed by atoms with Gasteiger partial charge in [-0.15, -0.1) is 0 Å². The Hall–Kier alpha value is -1.85. The predicted molar refractivity (Wildman–Crippen MR) is 70.6 cm³/mol. The van der Waals surface area contributed by atoms with Crippen LogP contribution in [0.4, 0.5) is 4.79 Å². The van der Waals surface area contributed by atoms with Crippen molar-refractivity contribution in [2.45, 2.75) is 33.3 Å². The van der Waals surface area contributed by atoms with Crippen LogP contribution < -0.4 is 10.6 Å². The van der Waals surface area contributed by atoms with E-state index < -0.39 is 11.7 Å². The maximum atomic E-state index is 11.7. The molecule has 0 aliphatic heterocycles. The average molecular weight is 255 g/mol. The lowest BCUT2D eigenvalue weighted by atomic mass is 10.2.